The van der Waals surface area contributed by atoms with Crippen LogP contribution in [-0.2, 0) is 10.2 Å². The normalized spacial score (nSPS) is 29.3. The smallest absolute Gasteiger partial charge is 0.337 e. The van der Waals surface area contributed by atoms with Gasteiger partial charge in [-0.3, -0.25) is 4.72 Å². The number of benzene rings is 1. The second kappa shape index (κ2) is 6.15. The third-order valence-electron chi connectivity index (χ3n) is 5.42. The predicted octanol–water partition coefficient (Wildman–Crippen LogP) is 0.545. The molecule has 1 unspecified atom stereocenters. The zero-order valence-corrected chi connectivity index (χ0v) is 14.6. The monoisotopic (exact) mass is 366 g/mol. The molecule has 4 aliphatic rings. The number of aromatic carboxylic acids is 1. The van der Waals surface area contributed by atoms with Gasteiger partial charge in [0.05, 0.1) is 16.9 Å². The molecule has 0 spiro atoms. The van der Waals surface area contributed by atoms with Crippen molar-refractivity contribution in [3.05, 3.63) is 23.8 Å². The fourth-order valence-corrected chi connectivity index (χ4v) is 5.48. The van der Waals surface area contributed by atoms with Crippen molar-refractivity contribution in [1.82, 2.24) is 10.2 Å². The number of fused-ring (bicyclic) bond motifs is 4. The van der Waals surface area contributed by atoms with Gasteiger partial charge in [0, 0.05) is 25.7 Å². The lowest BCUT2D eigenvalue weighted by Gasteiger charge is -2.45. The van der Waals surface area contributed by atoms with Crippen LogP contribution in [-0.4, -0.2) is 63.2 Å². The van der Waals surface area contributed by atoms with Gasteiger partial charge >= 0.3 is 16.2 Å². The molecule has 25 heavy (non-hydrogen) atoms. The third kappa shape index (κ3) is 2.96. The molecule has 4 aliphatic heterocycles. The van der Waals surface area contributed by atoms with E-state index < -0.39 is 16.2 Å². The Bertz CT molecular complexity index is 789. The lowest BCUT2D eigenvalue weighted by Crippen LogP contribution is -2.57. The zero-order chi connectivity index (χ0) is 17.6. The summed E-state index contributed by atoms with van der Waals surface area (Å²) in [6.45, 7) is 4.01. The molecule has 3 N–H and O–H groups in total. The van der Waals surface area contributed by atoms with Crippen LogP contribution in [0.5, 0.6) is 0 Å². The SMILES string of the molecule is O=C(O)c1cccc2c1N(CCNC1CN3CCC1CC3)S(=O)(=O)N2. The van der Waals surface area contributed by atoms with Crippen molar-refractivity contribution in [2.45, 2.75) is 18.9 Å². The minimum Gasteiger partial charge on any atom is -0.478 e. The number of nitrogens with one attached hydrogen (secondary N) is 2. The van der Waals surface area contributed by atoms with E-state index >= 15 is 0 Å². The molecule has 3 fully saturated rings. The molecule has 1 atom stereocenters. The second-order valence-corrected chi connectivity index (χ2v) is 8.48. The van der Waals surface area contributed by atoms with Gasteiger partial charge in [0.25, 0.3) is 0 Å². The molecule has 8 nitrogen and oxygen atoms in total. The highest BCUT2D eigenvalue weighted by molar-refractivity contribution is 7.94. The van der Waals surface area contributed by atoms with Crippen molar-refractivity contribution < 1.29 is 18.3 Å². The Balaban J connectivity index is 1.48. The second-order valence-electron chi connectivity index (χ2n) is 6.88. The fraction of sp³-hybridized carbons (Fsp3) is 0.562. The van der Waals surface area contributed by atoms with Gasteiger partial charge in [-0.05, 0) is 44.0 Å². The average Bonchev–Trinajstić information content (AvgIpc) is 2.85. The van der Waals surface area contributed by atoms with E-state index in [2.05, 4.69) is 14.9 Å². The number of carboxylic acids is 1. The Morgan fingerprint density at radius 1 is 1.32 bits per heavy atom. The summed E-state index contributed by atoms with van der Waals surface area (Å²) in [6.07, 6.45) is 2.38. The molecule has 136 valence electrons. The molecular weight excluding hydrogens is 344 g/mol. The molecule has 0 aromatic heterocycles. The van der Waals surface area contributed by atoms with Gasteiger partial charge in [0.2, 0.25) is 0 Å². The first-order valence-corrected chi connectivity index (χ1v) is 10.0. The van der Waals surface area contributed by atoms with Crippen LogP contribution < -0.4 is 14.3 Å². The van der Waals surface area contributed by atoms with Crippen LogP contribution in [0.2, 0.25) is 0 Å². The summed E-state index contributed by atoms with van der Waals surface area (Å²) >= 11 is 0. The maximum atomic E-state index is 12.4. The highest BCUT2D eigenvalue weighted by atomic mass is 32.2. The molecule has 0 radical (unpaired) electrons. The number of nitrogens with zero attached hydrogens (tertiary/aromatic N) is 2. The average molecular weight is 366 g/mol. The van der Waals surface area contributed by atoms with E-state index in [1.807, 2.05) is 0 Å². The van der Waals surface area contributed by atoms with E-state index in [4.69, 9.17) is 0 Å². The number of para-hydroxylation sites is 1. The van der Waals surface area contributed by atoms with E-state index in [0.29, 0.717) is 24.2 Å². The molecule has 1 aromatic rings. The molecule has 3 saturated heterocycles. The van der Waals surface area contributed by atoms with E-state index in [0.717, 1.165) is 19.6 Å². The number of hydrogen-bond donors (Lipinski definition) is 3. The summed E-state index contributed by atoms with van der Waals surface area (Å²) in [4.78, 5) is 13.9. The summed E-state index contributed by atoms with van der Waals surface area (Å²) in [6, 6.07) is 4.94. The number of rotatable bonds is 5. The Kier molecular flexibility index (Phi) is 4.09. The van der Waals surface area contributed by atoms with Crippen LogP contribution in [0.15, 0.2) is 18.2 Å². The van der Waals surface area contributed by atoms with Gasteiger partial charge in [-0.25, -0.2) is 9.10 Å². The predicted molar refractivity (Wildman–Crippen MR) is 94.2 cm³/mol. The van der Waals surface area contributed by atoms with Gasteiger partial charge < -0.3 is 15.3 Å². The Morgan fingerprint density at radius 2 is 2.08 bits per heavy atom. The summed E-state index contributed by atoms with van der Waals surface area (Å²) in [5.41, 5.74) is 0.544. The van der Waals surface area contributed by atoms with Gasteiger partial charge in [-0.2, -0.15) is 8.42 Å². The fourth-order valence-electron chi connectivity index (χ4n) is 4.16. The third-order valence-corrected chi connectivity index (χ3v) is 6.85. The van der Waals surface area contributed by atoms with E-state index in [1.54, 1.807) is 12.1 Å². The van der Waals surface area contributed by atoms with Crippen molar-refractivity contribution in [1.29, 1.82) is 0 Å². The molecule has 4 heterocycles. The molecule has 0 amide bonds. The number of hydrogen-bond acceptors (Lipinski definition) is 5. The van der Waals surface area contributed by atoms with Crippen LogP contribution in [0.1, 0.15) is 23.2 Å². The highest BCUT2D eigenvalue weighted by Crippen LogP contribution is 2.38. The van der Waals surface area contributed by atoms with Crippen LogP contribution in [0.25, 0.3) is 0 Å². The number of anilines is 2. The lowest BCUT2D eigenvalue weighted by atomic mass is 9.84. The topological polar surface area (TPSA) is 102 Å². The van der Waals surface area contributed by atoms with E-state index in [-0.39, 0.29) is 17.8 Å². The maximum Gasteiger partial charge on any atom is 0.337 e. The van der Waals surface area contributed by atoms with Crippen LogP contribution in [0.4, 0.5) is 11.4 Å². The lowest BCUT2D eigenvalue weighted by molar-refractivity contribution is 0.0697. The summed E-state index contributed by atoms with van der Waals surface area (Å²) < 4.78 is 28.4. The minimum atomic E-state index is -3.75. The van der Waals surface area contributed by atoms with E-state index in [9.17, 15) is 18.3 Å². The highest BCUT2D eigenvalue weighted by Gasteiger charge is 2.37. The Morgan fingerprint density at radius 3 is 2.72 bits per heavy atom. The largest absolute Gasteiger partial charge is 0.478 e. The van der Waals surface area contributed by atoms with Crippen LogP contribution >= 0.6 is 0 Å². The summed E-state index contributed by atoms with van der Waals surface area (Å²) in [5.74, 6) is -0.480. The van der Waals surface area contributed by atoms with Crippen LogP contribution in [0, 0.1) is 5.92 Å². The standard InChI is InChI=1S/C16H22N4O4S/c21-16(22)12-2-1-3-13-15(12)20(25(23,24)18-13)9-6-17-14-10-19-7-4-11(14)5-8-19/h1-3,11,14,17-18H,4-10H2,(H,21,22). The molecule has 0 saturated carbocycles. The zero-order valence-electron chi connectivity index (χ0n) is 13.8. The van der Waals surface area contributed by atoms with Crippen molar-refractivity contribution >= 4 is 27.6 Å². The minimum absolute atomic E-state index is 0.00564. The van der Waals surface area contributed by atoms with Crippen molar-refractivity contribution in [2.24, 2.45) is 5.92 Å². The van der Waals surface area contributed by atoms with Crippen molar-refractivity contribution in [3.63, 3.8) is 0 Å². The molecule has 9 heteroatoms. The Labute approximate surface area is 147 Å². The number of piperidine rings is 3. The quantitative estimate of drug-likeness (QED) is 0.703. The van der Waals surface area contributed by atoms with Gasteiger partial charge in [-0.15, -0.1) is 0 Å². The molecule has 2 bridgehead atoms. The molecule has 1 aromatic carbocycles. The number of carboxylic acid groups (broad SMARTS) is 1. The molecule has 0 aliphatic carbocycles. The first-order chi connectivity index (χ1) is 12.0. The van der Waals surface area contributed by atoms with Crippen molar-refractivity contribution in [3.8, 4) is 0 Å². The number of carbonyl (C=O) groups is 1. The summed E-state index contributed by atoms with van der Waals surface area (Å²) in [7, 11) is -3.75. The Hall–Kier alpha value is -1.84. The molecule has 5 rings (SSSR count). The van der Waals surface area contributed by atoms with E-state index in [1.165, 1.54) is 23.2 Å². The van der Waals surface area contributed by atoms with Crippen LogP contribution in [0.3, 0.4) is 0 Å². The first kappa shape index (κ1) is 16.6. The van der Waals surface area contributed by atoms with Gasteiger partial charge in [0.1, 0.15) is 0 Å². The molecular formula is C16H22N4O4S. The van der Waals surface area contributed by atoms with Crippen molar-refractivity contribution in [2.75, 3.05) is 41.8 Å². The summed E-state index contributed by atoms with van der Waals surface area (Å²) in [5, 5.41) is 12.8. The maximum absolute atomic E-state index is 12.4. The first-order valence-electron chi connectivity index (χ1n) is 8.58. The van der Waals surface area contributed by atoms with Gasteiger partial charge in [0.15, 0.2) is 0 Å². The van der Waals surface area contributed by atoms with Gasteiger partial charge in [-0.1, -0.05) is 6.07 Å².